The minimum atomic E-state index is -1.64. The number of carboxylic acid groups (broad SMARTS) is 1. The molecule has 0 bridgehead atoms. The molecular formula is C14H19NO4. The number of carboxylic acids is 1. The van der Waals surface area contributed by atoms with Crippen LogP contribution in [0.2, 0.25) is 0 Å². The lowest BCUT2D eigenvalue weighted by Gasteiger charge is -2.30. The number of carbonyl (C=O) groups is 2. The number of hydrogen-bond donors (Lipinski definition) is 3. The molecule has 3 N–H and O–H groups in total. The highest BCUT2D eigenvalue weighted by molar-refractivity contribution is 5.97. The average Bonchev–Trinajstić information content (AvgIpc) is 2.38. The second-order valence-corrected chi connectivity index (χ2v) is 4.96. The summed E-state index contributed by atoms with van der Waals surface area (Å²) in [7, 11) is 0. The molecule has 5 heteroatoms. The highest BCUT2D eigenvalue weighted by atomic mass is 16.4. The molecular weight excluding hydrogens is 246 g/mol. The fourth-order valence-corrected chi connectivity index (χ4v) is 1.94. The fourth-order valence-electron chi connectivity index (χ4n) is 1.94. The van der Waals surface area contributed by atoms with Gasteiger partial charge in [-0.2, -0.15) is 0 Å². The van der Waals surface area contributed by atoms with Crippen LogP contribution in [0.25, 0.3) is 0 Å². The molecule has 104 valence electrons. The Balaban J connectivity index is 2.95. The Labute approximate surface area is 112 Å². The van der Waals surface area contributed by atoms with Crippen LogP contribution in [0, 0.1) is 5.92 Å². The summed E-state index contributed by atoms with van der Waals surface area (Å²) < 4.78 is 0. The van der Waals surface area contributed by atoms with Crippen molar-refractivity contribution < 1.29 is 19.8 Å². The lowest BCUT2D eigenvalue weighted by molar-refractivity contribution is -0.147. The molecule has 1 amide bonds. The van der Waals surface area contributed by atoms with Crippen LogP contribution < -0.4 is 5.32 Å². The standard InChI is InChI=1S/C14H19NO4/c1-10(2)8-14(9-16,13(18)19)15-12(17)11-6-4-3-5-7-11/h3-7,10,16H,8-9H2,1-2H3,(H,15,17)(H,18,19)/t14-/m1/s1. The molecule has 0 aliphatic heterocycles. The molecule has 0 spiro atoms. The second-order valence-electron chi connectivity index (χ2n) is 4.96. The predicted molar refractivity (Wildman–Crippen MR) is 70.8 cm³/mol. The van der Waals surface area contributed by atoms with E-state index in [0.717, 1.165) is 0 Å². The zero-order chi connectivity index (χ0) is 14.5. The van der Waals surface area contributed by atoms with Gasteiger partial charge in [-0.05, 0) is 24.5 Å². The molecule has 0 radical (unpaired) electrons. The van der Waals surface area contributed by atoms with E-state index in [1.807, 2.05) is 13.8 Å². The third kappa shape index (κ3) is 3.79. The largest absolute Gasteiger partial charge is 0.479 e. The Morgan fingerprint density at radius 3 is 2.26 bits per heavy atom. The molecule has 19 heavy (non-hydrogen) atoms. The number of benzene rings is 1. The summed E-state index contributed by atoms with van der Waals surface area (Å²) >= 11 is 0. The van der Waals surface area contributed by atoms with E-state index in [-0.39, 0.29) is 12.3 Å². The molecule has 1 atom stereocenters. The SMILES string of the molecule is CC(C)C[C@](CO)(NC(=O)c1ccccc1)C(=O)O. The maximum absolute atomic E-state index is 12.0. The smallest absolute Gasteiger partial charge is 0.331 e. The first-order chi connectivity index (χ1) is 8.91. The summed E-state index contributed by atoms with van der Waals surface area (Å²) in [6.07, 6.45) is 0.164. The maximum Gasteiger partial charge on any atom is 0.331 e. The van der Waals surface area contributed by atoms with E-state index in [2.05, 4.69) is 5.32 Å². The van der Waals surface area contributed by atoms with Gasteiger partial charge in [0.25, 0.3) is 5.91 Å². The van der Waals surface area contributed by atoms with E-state index in [1.165, 1.54) is 0 Å². The summed E-state index contributed by atoms with van der Waals surface area (Å²) in [4.78, 5) is 23.4. The van der Waals surface area contributed by atoms with E-state index < -0.39 is 24.0 Å². The lowest BCUT2D eigenvalue weighted by Crippen LogP contribution is -2.58. The third-order valence-electron chi connectivity index (χ3n) is 2.82. The number of nitrogens with one attached hydrogen (secondary N) is 1. The summed E-state index contributed by atoms with van der Waals surface area (Å²) in [5.41, 5.74) is -1.27. The maximum atomic E-state index is 12.0. The summed E-state index contributed by atoms with van der Waals surface area (Å²) in [6.45, 7) is 3.03. The van der Waals surface area contributed by atoms with Crippen molar-refractivity contribution in [3.8, 4) is 0 Å². The van der Waals surface area contributed by atoms with Gasteiger partial charge in [-0.1, -0.05) is 32.0 Å². The zero-order valence-corrected chi connectivity index (χ0v) is 11.1. The van der Waals surface area contributed by atoms with Crippen LogP contribution in [-0.4, -0.2) is 34.2 Å². The van der Waals surface area contributed by atoms with Crippen LogP contribution in [0.3, 0.4) is 0 Å². The first-order valence-corrected chi connectivity index (χ1v) is 6.13. The minimum Gasteiger partial charge on any atom is -0.479 e. The number of carbonyl (C=O) groups excluding carboxylic acids is 1. The van der Waals surface area contributed by atoms with E-state index in [9.17, 15) is 19.8 Å². The van der Waals surface area contributed by atoms with Gasteiger partial charge in [0.2, 0.25) is 0 Å². The van der Waals surface area contributed by atoms with Crippen molar-refractivity contribution >= 4 is 11.9 Å². The van der Waals surface area contributed by atoms with Gasteiger partial charge in [0.1, 0.15) is 0 Å². The monoisotopic (exact) mass is 265 g/mol. The van der Waals surface area contributed by atoms with E-state index >= 15 is 0 Å². The van der Waals surface area contributed by atoms with Gasteiger partial charge in [-0.3, -0.25) is 4.79 Å². The number of rotatable bonds is 6. The molecule has 0 aliphatic rings. The van der Waals surface area contributed by atoms with Crippen molar-refractivity contribution in [2.75, 3.05) is 6.61 Å². The molecule has 0 unspecified atom stereocenters. The average molecular weight is 265 g/mol. The van der Waals surface area contributed by atoms with E-state index in [4.69, 9.17) is 0 Å². The summed E-state index contributed by atoms with van der Waals surface area (Å²) in [6, 6.07) is 8.34. The quantitative estimate of drug-likeness (QED) is 0.723. The Kier molecular flexibility index (Phi) is 5.06. The fraction of sp³-hybridized carbons (Fsp3) is 0.429. The van der Waals surface area contributed by atoms with E-state index in [0.29, 0.717) is 5.56 Å². The molecule has 0 heterocycles. The normalized spacial score (nSPS) is 13.9. The number of aliphatic carboxylic acids is 1. The zero-order valence-electron chi connectivity index (χ0n) is 11.1. The first kappa shape index (κ1) is 15.2. The van der Waals surface area contributed by atoms with Gasteiger partial charge in [0.05, 0.1) is 6.61 Å². The second kappa shape index (κ2) is 6.33. The van der Waals surface area contributed by atoms with Gasteiger partial charge in [-0.15, -0.1) is 0 Å². The molecule has 0 saturated heterocycles. The number of aliphatic hydroxyl groups is 1. The number of aliphatic hydroxyl groups excluding tert-OH is 1. The van der Waals surface area contributed by atoms with Gasteiger partial charge in [-0.25, -0.2) is 4.79 Å². The van der Waals surface area contributed by atoms with Crippen LogP contribution in [-0.2, 0) is 4.79 Å². The molecule has 0 fully saturated rings. The Bertz CT molecular complexity index is 444. The minimum absolute atomic E-state index is 0.0272. The highest BCUT2D eigenvalue weighted by Crippen LogP contribution is 2.18. The molecule has 0 aliphatic carbocycles. The van der Waals surface area contributed by atoms with Crippen LogP contribution in [0.15, 0.2) is 30.3 Å². The van der Waals surface area contributed by atoms with Crippen LogP contribution in [0.5, 0.6) is 0 Å². The van der Waals surface area contributed by atoms with Gasteiger partial charge >= 0.3 is 5.97 Å². The molecule has 1 aromatic carbocycles. The van der Waals surface area contributed by atoms with Crippen molar-refractivity contribution in [2.24, 2.45) is 5.92 Å². The summed E-state index contributed by atoms with van der Waals surface area (Å²) in [5.74, 6) is -1.70. The molecule has 0 aromatic heterocycles. The highest BCUT2D eigenvalue weighted by Gasteiger charge is 2.40. The van der Waals surface area contributed by atoms with Crippen LogP contribution >= 0.6 is 0 Å². The van der Waals surface area contributed by atoms with Crippen molar-refractivity contribution in [3.05, 3.63) is 35.9 Å². The van der Waals surface area contributed by atoms with Crippen LogP contribution in [0.1, 0.15) is 30.6 Å². The van der Waals surface area contributed by atoms with Gasteiger partial charge < -0.3 is 15.5 Å². The molecule has 1 aromatic rings. The number of amides is 1. The topological polar surface area (TPSA) is 86.6 Å². The van der Waals surface area contributed by atoms with Crippen molar-refractivity contribution in [1.82, 2.24) is 5.32 Å². The number of hydrogen-bond acceptors (Lipinski definition) is 3. The first-order valence-electron chi connectivity index (χ1n) is 6.13. The predicted octanol–water partition coefficient (Wildman–Crippen LogP) is 1.28. The molecule has 0 saturated carbocycles. The van der Waals surface area contributed by atoms with Crippen molar-refractivity contribution in [1.29, 1.82) is 0 Å². The summed E-state index contributed by atoms with van der Waals surface area (Å²) in [5, 5.41) is 21.1. The molecule has 1 rings (SSSR count). The lowest BCUT2D eigenvalue weighted by atomic mass is 9.89. The Morgan fingerprint density at radius 2 is 1.84 bits per heavy atom. The third-order valence-corrected chi connectivity index (χ3v) is 2.82. The van der Waals surface area contributed by atoms with Crippen molar-refractivity contribution in [2.45, 2.75) is 25.8 Å². The van der Waals surface area contributed by atoms with E-state index in [1.54, 1.807) is 30.3 Å². The van der Waals surface area contributed by atoms with Gasteiger partial charge in [0.15, 0.2) is 5.54 Å². The van der Waals surface area contributed by atoms with Crippen LogP contribution in [0.4, 0.5) is 0 Å². The molecule has 5 nitrogen and oxygen atoms in total. The van der Waals surface area contributed by atoms with Crippen molar-refractivity contribution in [3.63, 3.8) is 0 Å². The van der Waals surface area contributed by atoms with Gasteiger partial charge in [0, 0.05) is 5.56 Å². The Morgan fingerprint density at radius 1 is 1.26 bits per heavy atom. The Hall–Kier alpha value is -1.88.